The van der Waals surface area contributed by atoms with E-state index in [9.17, 15) is 4.39 Å². The fourth-order valence-corrected chi connectivity index (χ4v) is 2.15. The third-order valence-corrected chi connectivity index (χ3v) is 2.99. The molecule has 76 valence electrons. The topological polar surface area (TPSA) is 12.0 Å². The van der Waals surface area contributed by atoms with Crippen LogP contribution in [0.2, 0.25) is 5.02 Å². The Labute approximate surface area is 88.3 Å². The Morgan fingerprint density at radius 2 is 2.21 bits per heavy atom. The summed E-state index contributed by atoms with van der Waals surface area (Å²) in [5.74, 6) is -0.211. The van der Waals surface area contributed by atoms with Crippen LogP contribution in [0.1, 0.15) is 30.9 Å². The molecule has 0 saturated carbocycles. The van der Waals surface area contributed by atoms with Gasteiger partial charge in [0, 0.05) is 11.1 Å². The van der Waals surface area contributed by atoms with Crippen molar-refractivity contribution in [3.05, 3.63) is 34.6 Å². The van der Waals surface area contributed by atoms with Crippen LogP contribution in [0.4, 0.5) is 4.39 Å². The molecule has 0 aromatic heterocycles. The molecule has 1 heterocycles. The monoisotopic (exact) mass is 213 g/mol. The van der Waals surface area contributed by atoms with Crippen molar-refractivity contribution in [2.45, 2.75) is 25.3 Å². The molecule has 1 aromatic carbocycles. The maximum atomic E-state index is 13.0. The highest BCUT2D eigenvalue weighted by molar-refractivity contribution is 6.31. The molecule has 3 heteroatoms. The van der Waals surface area contributed by atoms with Crippen LogP contribution in [0.5, 0.6) is 0 Å². The molecule has 0 spiro atoms. The zero-order valence-corrected chi connectivity index (χ0v) is 8.65. The van der Waals surface area contributed by atoms with E-state index in [0.717, 1.165) is 18.5 Å². The lowest BCUT2D eigenvalue weighted by Gasteiger charge is -2.24. The molecule has 0 aliphatic carbocycles. The molecule has 1 aliphatic rings. The average molecular weight is 214 g/mol. The summed E-state index contributed by atoms with van der Waals surface area (Å²) < 4.78 is 13.0. The van der Waals surface area contributed by atoms with Crippen LogP contribution in [-0.4, -0.2) is 6.54 Å². The van der Waals surface area contributed by atoms with E-state index in [1.54, 1.807) is 6.07 Å². The van der Waals surface area contributed by atoms with Crippen LogP contribution in [0.15, 0.2) is 18.2 Å². The summed E-state index contributed by atoms with van der Waals surface area (Å²) in [5.41, 5.74) is 0.895. The van der Waals surface area contributed by atoms with E-state index in [0.29, 0.717) is 5.02 Å². The number of nitrogens with one attached hydrogen (secondary N) is 1. The quantitative estimate of drug-likeness (QED) is 0.755. The van der Waals surface area contributed by atoms with E-state index in [4.69, 9.17) is 11.6 Å². The summed E-state index contributed by atoms with van der Waals surface area (Å²) in [5, 5.41) is 4.01. The van der Waals surface area contributed by atoms with Gasteiger partial charge in [-0.1, -0.05) is 18.0 Å². The van der Waals surface area contributed by atoms with Gasteiger partial charge in [0.05, 0.1) is 0 Å². The number of piperidine rings is 1. The molecule has 0 amide bonds. The number of hydrogen-bond donors (Lipinski definition) is 1. The molecule has 1 nitrogen and oxygen atoms in total. The summed E-state index contributed by atoms with van der Waals surface area (Å²) in [6, 6.07) is 4.79. The molecule has 1 aromatic rings. The fourth-order valence-electron chi connectivity index (χ4n) is 1.90. The van der Waals surface area contributed by atoms with Crippen molar-refractivity contribution >= 4 is 11.6 Å². The fraction of sp³-hybridized carbons (Fsp3) is 0.455. The number of rotatable bonds is 1. The van der Waals surface area contributed by atoms with Crippen LogP contribution in [0.25, 0.3) is 0 Å². The smallest absolute Gasteiger partial charge is 0.123 e. The van der Waals surface area contributed by atoms with Gasteiger partial charge in [0.25, 0.3) is 0 Å². The highest BCUT2D eigenvalue weighted by atomic mass is 35.5. The third kappa shape index (κ3) is 2.07. The number of halogens is 2. The van der Waals surface area contributed by atoms with Gasteiger partial charge >= 0.3 is 0 Å². The van der Waals surface area contributed by atoms with Gasteiger partial charge < -0.3 is 5.32 Å². The first-order valence-electron chi connectivity index (χ1n) is 4.96. The zero-order chi connectivity index (χ0) is 9.97. The Morgan fingerprint density at radius 3 is 2.93 bits per heavy atom. The third-order valence-electron chi connectivity index (χ3n) is 2.64. The second-order valence-electron chi connectivity index (χ2n) is 3.67. The summed E-state index contributed by atoms with van der Waals surface area (Å²) >= 11 is 6.02. The molecular formula is C11H13ClFN. The predicted octanol–water partition coefficient (Wildman–Crippen LogP) is 3.29. The Kier molecular flexibility index (Phi) is 3.04. The van der Waals surface area contributed by atoms with Crippen molar-refractivity contribution in [1.29, 1.82) is 0 Å². The van der Waals surface area contributed by atoms with Crippen LogP contribution in [-0.2, 0) is 0 Å². The van der Waals surface area contributed by atoms with Crippen LogP contribution in [0.3, 0.4) is 0 Å². The first-order valence-corrected chi connectivity index (χ1v) is 5.33. The van der Waals surface area contributed by atoms with E-state index in [2.05, 4.69) is 5.32 Å². The highest BCUT2D eigenvalue weighted by Gasteiger charge is 2.17. The molecule has 1 fully saturated rings. The Morgan fingerprint density at radius 1 is 1.36 bits per heavy atom. The molecule has 0 bridgehead atoms. The lowest BCUT2D eigenvalue weighted by molar-refractivity contribution is 0.411. The second kappa shape index (κ2) is 4.28. The van der Waals surface area contributed by atoms with E-state index in [1.807, 2.05) is 0 Å². The van der Waals surface area contributed by atoms with Crippen molar-refractivity contribution in [3.63, 3.8) is 0 Å². The molecule has 2 rings (SSSR count). The van der Waals surface area contributed by atoms with E-state index in [1.165, 1.54) is 25.0 Å². The van der Waals surface area contributed by atoms with Gasteiger partial charge in [-0.25, -0.2) is 4.39 Å². The van der Waals surface area contributed by atoms with Crippen molar-refractivity contribution < 1.29 is 4.39 Å². The highest BCUT2D eigenvalue weighted by Crippen LogP contribution is 2.29. The minimum atomic E-state index is -0.211. The molecule has 1 aliphatic heterocycles. The lowest BCUT2D eigenvalue weighted by atomic mass is 9.97. The summed E-state index contributed by atoms with van der Waals surface area (Å²) in [6.07, 6.45) is 3.43. The van der Waals surface area contributed by atoms with Crippen molar-refractivity contribution in [3.8, 4) is 0 Å². The van der Waals surface area contributed by atoms with Crippen LogP contribution >= 0.6 is 11.6 Å². The van der Waals surface area contributed by atoms with Gasteiger partial charge in [0.1, 0.15) is 5.82 Å². The van der Waals surface area contributed by atoms with E-state index in [-0.39, 0.29) is 11.9 Å². The van der Waals surface area contributed by atoms with Crippen molar-refractivity contribution in [2.75, 3.05) is 6.54 Å². The Hall–Kier alpha value is -0.600. The van der Waals surface area contributed by atoms with Gasteiger partial charge in [0.2, 0.25) is 0 Å². The van der Waals surface area contributed by atoms with Crippen molar-refractivity contribution in [1.82, 2.24) is 5.32 Å². The molecular weight excluding hydrogens is 201 g/mol. The largest absolute Gasteiger partial charge is 0.310 e. The summed E-state index contributed by atoms with van der Waals surface area (Å²) in [6.45, 7) is 0.998. The molecule has 1 N–H and O–H groups in total. The van der Waals surface area contributed by atoms with Gasteiger partial charge in [-0.3, -0.25) is 0 Å². The molecule has 14 heavy (non-hydrogen) atoms. The minimum Gasteiger partial charge on any atom is -0.310 e. The van der Waals surface area contributed by atoms with E-state index < -0.39 is 0 Å². The van der Waals surface area contributed by atoms with Crippen LogP contribution < -0.4 is 5.32 Å². The van der Waals surface area contributed by atoms with Crippen molar-refractivity contribution in [2.24, 2.45) is 0 Å². The summed E-state index contributed by atoms with van der Waals surface area (Å²) in [7, 11) is 0. The van der Waals surface area contributed by atoms with E-state index >= 15 is 0 Å². The lowest BCUT2D eigenvalue weighted by Crippen LogP contribution is -2.27. The predicted molar refractivity (Wildman–Crippen MR) is 56.0 cm³/mol. The van der Waals surface area contributed by atoms with Crippen LogP contribution in [0, 0.1) is 5.82 Å². The Bertz CT molecular complexity index is 321. The maximum absolute atomic E-state index is 13.0. The average Bonchev–Trinajstić information content (AvgIpc) is 2.23. The normalized spacial score (nSPS) is 22.3. The SMILES string of the molecule is Fc1ccc(Cl)c(C2CCCCN2)c1. The molecule has 0 radical (unpaired) electrons. The van der Waals surface area contributed by atoms with Gasteiger partial charge in [-0.15, -0.1) is 0 Å². The summed E-state index contributed by atoms with van der Waals surface area (Å²) in [4.78, 5) is 0. The molecule has 1 saturated heterocycles. The minimum absolute atomic E-state index is 0.211. The standard InChI is InChI=1S/C11H13ClFN/c12-10-5-4-8(13)7-9(10)11-3-1-2-6-14-11/h4-5,7,11,14H,1-3,6H2. The van der Waals surface area contributed by atoms with Gasteiger partial charge in [-0.05, 0) is 43.1 Å². The zero-order valence-electron chi connectivity index (χ0n) is 7.89. The maximum Gasteiger partial charge on any atom is 0.123 e. The van der Waals surface area contributed by atoms with Gasteiger partial charge in [0.15, 0.2) is 0 Å². The first kappa shape index (κ1) is 9.94. The molecule has 1 atom stereocenters. The molecule has 1 unspecified atom stereocenters. The number of hydrogen-bond acceptors (Lipinski definition) is 1. The number of benzene rings is 1. The second-order valence-corrected chi connectivity index (χ2v) is 4.08. The Balaban J connectivity index is 2.24. The first-order chi connectivity index (χ1) is 6.77. The van der Waals surface area contributed by atoms with Gasteiger partial charge in [-0.2, -0.15) is 0 Å².